The third-order valence-electron chi connectivity index (χ3n) is 2.43. The lowest BCUT2D eigenvalue weighted by Crippen LogP contribution is -2.04. The first-order valence-electron chi connectivity index (χ1n) is 5.84. The van der Waals surface area contributed by atoms with E-state index in [1.165, 1.54) is 16.7 Å². The van der Waals surface area contributed by atoms with Gasteiger partial charge >= 0.3 is 5.97 Å². The molecule has 2 nitrogen and oxygen atoms in total. The van der Waals surface area contributed by atoms with Crippen molar-refractivity contribution in [3.8, 4) is 0 Å². The van der Waals surface area contributed by atoms with Gasteiger partial charge in [-0.1, -0.05) is 29.3 Å². The van der Waals surface area contributed by atoms with Crippen molar-refractivity contribution < 1.29 is 9.53 Å². The minimum atomic E-state index is -0.0909. The Labute approximate surface area is 97.6 Å². The van der Waals surface area contributed by atoms with Gasteiger partial charge in [-0.05, 0) is 39.2 Å². The van der Waals surface area contributed by atoms with E-state index < -0.39 is 0 Å². The van der Waals surface area contributed by atoms with Crippen LogP contribution in [0, 0.1) is 13.8 Å². The molecule has 0 saturated heterocycles. The van der Waals surface area contributed by atoms with Crippen molar-refractivity contribution in [2.24, 2.45) is 0 Å². The van der Waals surface area contributed by atoms with Crippen LogP contribution in [0.5, 0.6) is 0 Å². The summed E-state index contributed by atoms with van der Waals surface area (Å²) in [6.07, 6.45) is 2.32. The predicted octanol–water partition coefficient (Wildman–Crippen LogP) is 3.19. The van der Waals surface area contributed by atoms with Crippen molar-refractivity contribution in [1.82, 2.24) is 0 Å². The van der Waals surface area contributed by atoms with Gasteiger partial charge in [0, 0.05) is 6.42 Å². The van der Waals surface area contributed by atoms with Gasteiger partial charge in [0.1, 0.15) is 0 Å². The zero-order chi connectivity index (χ0) is 12.0. The number of aryl methyl sites for hydroxylation is 3. The Kier molecular flexibility index (Phi) is 5.03. The van der Waals surface area contributed by atoms with Crippen LogP contribution in [0.1, 0.15) is 36.5 Å². The number of ether oxygens (including phenoxy) is 1. The van der Waals surface area contributed by atoms with Crippen molar-refractivity contribution in [2.45, 2.75) is 40.0 Å². The summed E-state index contributed by atoms with van der Waals surface area (Å²) in [6, 6.07) is 6.52. The van der Waals surface area contributed by atoms with E-state index in [0.717, 1.165) is 12.8 Å². The molecule has 0 aliphatic heterocycles. The summed E-state index contributed by atoms with van der Waals surface area (Å²) in [5, 5.41) is 0. The van der Waals surface area contributed by atoms with E-state index in [0.29, 0.717) is 13.0 Å². The minimum absolute atomic E-state index is 0.0909. The number of carbonyl (C=O) groups is 1. The molecular formula is C14H20O2. The standard InChI is InChI=1S/C14H20O2/c1-4-16-14(15)7-5-6-13-9-11(2)8-12(3)10-13/h8-10H,4-7H2,1-3H3. The molecule has 1 aromatic rings. The van der Waals surface area contributed by atoms with Crippen LogP contribution in [-0.4, -0.2) is 12.6 Å². The molecule has 1 rings (SSSR count). The van der Waals surface area contributed by atoms with Crippen molar-refractivity contribution >= 4 is 5.97 Å². The Balaban J connectivity index is 2.40. The van der Waals surface area contributed by atoms with E-state index in [1.54, 1.807) is 0 Å². The van der Waals surface area contributed by atoms with Gasteiger partial charge in [-0.15, -0.1) is 0 Å². The summed E-state index contributed by atoms with van der Waals surface area (Å²) >= 11 is 0. The highest BCUT2D eigenvalue weighted by Crippen LogP contribution is 2.11. The van der Waals surface area contributed by atoms with Crippen LogP contribution in [0.4, 0.5) is 0 Å². The molecule has 0 bridgehead atoms. The highest BCUT2D eigenvalue weighted by molar-refractivity contribution is 5.69. The fourth-order valence-corrected chi connectivity index (χ4v) is 1.88. The maximum atomic E-state index is 11.1. The Morgan fingerprint density at radius 3 is 2.38 bits per heavy atom. The van der Waals surface area contributed by atoms with Gasteiger partial charge in [0.25, 0.3) is 0 Å². The fraction of sp³-hybridized carbons (Fsp3) is 0.500. The lowest BCUT2D eigenvalue weighted by Gasteiger charge is -2.05. The summed E-state index contributed by atoms with van der Waals surface area (Å²) in [4.78, 5) is 11.1. The van der Waals surface area contributed by atoms with Crippen LogP contribution in [0.25, 0.3) is 0 Å². The maximum Gasteiger partial charge on any atom is 0.305 e. The second-order valence-corrected chi connectivity index (χ2v) is 4.15. The summed E-state index contributed by atoms with van der Waals surface area (Å²) in [7, 11) is 0. The van der Waals surface area contributed by atoms with E-state index in [9.17, 15) is 4.79 Å². The molecule has 0 atom stereocenters. The topological polar surface area (TPSA) is 26.3 Å². The average molecular weight is 220 g/mol. The molecule has 0 fully saturated rings. The van der Waals surface area contributed by atoms with Crippen molar-refractivity contribution in [2.75, 3.05) is 6.61 Å². The van der Waals surface area contributed by atoms with E-state index in [4.69, 9.17) is 4.74 Å². The monoisotopic (exact) mass is 220 g/mol. The predicted molar refractivity (Wildman–Crippen MR) is 65.5 cm³/mol. The molecule has 0 aromatic heterocycles. The minimum Gasteiger partial charge on any atom is -0.466 e. The van der Waals surface area contributed by atoms with Crippen molar-refractivity contribution in [3.63, 3.8) is 0 Å². The first-order valence-corrected chi connectivity index (χ1v) is 5.84. The van der Waals surface area contributed by atoms with E-state index in [1.807, 2.05) is 6.92 Å². The molecule has 88 valence electrons. The van der Waals surface area contributed by atoms with Crippen LogP contribution >= 0.6 is 0 Å². The van der Waals surface area contributed by atoms with E-state index in [2.05, 4.69) is 32.0 Å². The summed E-state index contributed by atoms with van der Waals surface area (Å²) in [6.45, 7) is 6.51. The number of rotatable bonds is 5. The molecule has 0 spiro atoms. The summed E-state index contributed by atoms with van der Waals surface area (Å²) in [5.74, 6) is -0.0909. The highest BCUT2D eigenvalue weighted by atomic mass is 16.5. The first kappa shape index (κ1) is 12.8. The van der Waals surface area contributed by atoms with Crippen LogP contribution in [0.2, 0.25) is 0 Å². The Hall–Kier alpha value is -1.31. The number of hydrogen-bond donors (Lipinski definition) is 0. The van der Waals surface area contributed by atoms with Gasteiger partial charge < -0.3 is 4.74 Å². The van der Waals surface area contributed by atoms with Crippen LogP contribution < -0.4 is 0 Å². The lowest BCUT2D eigenvalue weighted by atomic mass is 10.0. The Morgan fingerprint density at radius 1 is 1.19 bits per heavy atom. The molecule has 2 heteroatoms. The molecule has 0 aliphatic carbocycles. The normalized spacial score (nSPS) is 10.2. The van der Waals surface area contributed by atoms with Gasteiger partial charge in [0.05, 0.1) is 6.61 Å². The molecule has 16 heavy (non-hydrogen) atoms. The SMILES string of the molecule is CCOC(=O)CCCc1cc(C)cc(C)c1. The molecular weight excluding hydrogens is 200 g/mol. The zero-order valence-electron chi connectivity index (χ0n) is 10.4. The number of carbonyl (C=O) groups excluding carboxylic acids is 1. The molecule has 0 unspecified atom stereocenters. The quantitative estimate of drug-likeness (QED) is 0.712. The van der Waals surface area contributed by atoms with Crippen LogP contribution in [-0.2, 0) is 16.0 Å². The smallest absolute Gasteiger partial charge is 0.305 e. The van der Waals surface area contributed by atoms with Gasteiger partial charge in [0.2, 0.25) is 0 Å². The third-order valence-corrected chi connectivity index (χ3v) is 2.43. The maximum absolute atomic E-state index is 11.1. The number of benzene rings is 1. The van der Waals surface area contributed by atoms with Crippen molar-refractivity contribution in [1.29, 1.82) is 0 Å². The van der Waals surface area contributed by atoms with Gasteiger partial charge in [-0.3, -0.25) is 4.79 Å². The molecule has 0 N–H and O–H groups in total. The fourth-order valence-electron chi connectivity index (χ4n) is 1.88. The lowest BCUT2D eigenvalue weighted by molar-refractivity contribution is -0.143. The van der Waals surface area contributed by atoms with E-state index >= 15 is 0 Å². The third kappa shape index (κ3) is 4.47. The van der Waals surface area contributed by atoms with Gasteiger partial charge in [-0.2, -0.15) is 0 Å². The van der Waals surface area contributed by atoms with Gasteiger partial charge in [-0.25, -0.2) is 0 Å². The molecule has 0 aliphatic rings. The first-order chi connectivity index (χ1) is 7.61. The largest absolute Gasteiger partial charge is 0.466 e. The zero-order valence-corrected chi connectivity index (χ0v) is 10.4. The average Bonchev–Trinajstić information content (AvgIpc) is 2.16. The highest BCUT2D eigenvalue weighted by Gasteiger charge is 2.02. The van der Waals surface area contributed by atoms with Crippen molar-refractivity contribution in [3.05, 3.63) is 34.9 Å². The van der Waals surface area contributed by atoms with Gasteiger partial charge in [0.15, 0.2) is 0 Å². The van der Waals surface area contributed by atoms with E-state index in [-0.39, 0.29) is 5.97 Å². The molecule has 1 aromatic carbocycles. The Morgan fingerprint density at radius 2 is 1.81 bits per heavy atom. The summed E-state index contributed by atoms with van der Waals surface area (Å²) in [5.41, 5.74) is 3.87. The second-order valence-electron chi connectivity index (χ2n) is 4.15. The van der Waals surface area contributed by atoms with Crippen LogP contribution in [0.3, 0.4) is 0 Å². The number of hydrogen-bond acceptors (Lipinski definition) is 2. The summed E-state index contributed by atoms with van der Waals surface area (Å²) < 4.78 is 4.89. The second kappa shape index (κ2) is 6.31. The molecule has 0 radical (unpaired) electrons. The molecule has 0 amide bonds. The molecule has 0 saturated carbocycles. The van der Waals surface area contributed by atoms with Crippen LogP contribution in [0.15, 0.2) is 18.2 Å². The Bertz CT molecular complexity index is 336. The number of esters is 1. The molecule has 0 heterocycles.